The molecule has 0 N–H and O–H groups in total. The molecule has 1 saturated carbocycles. The van der Waals surface area contributed by atoms with Gasteiger partial charge in [0.05, 0.1) is 6.10 Å². The third-order valence-electron chi connectivity index (χ3n) is 3.78. The molecule has 1 aliphatic carbocycles. The zero-order valence-corrected chi connectivity index (χ0v) is 11.8. The number of hydrogen-bond donors (Lipinski definition) is 0. The smallest absolute Gasteiger partial charge is 0.0571 e. The van der Waals surface area contributed by atoms with Crippen LogP contribution in [0.25, 0.3) is 0 Å². The summed E-state index contributed by atoms with van der Waals surface area (Å²) in [5.74, 6) is 0.581. The summed E-state index contributed by atoms with van der Waals surface area (Å²) in [4.78, 5) is 0. The average Bonchev–Trinajstić information content (AvgIpc) is 2.35. The minimum Gasteiger partial charge on any atom is -0.381 e. The molecule has 0 spiro atoms. The van der Waals surface area contributed by atoms with E-state index < -0.39 is 0 Å². The quantitative estimate of drug-likeness (QED) is 0.738. The number of ether oxygens (including phenoxy) is 1. The van der Waals surface area contributed by atoms with Gasteiger partial charge in [-0.3, -0.25) is 0 Å². The Labute approximate surface area is 113 Å². The first-order valence-corrected chi connectivity index (χ1v) is 6.85. The van der Waals surface area contributed by atoms with Crippen molar-refractivity contribution in [2.75, 3.05) is 7.11 Å². The second-order valence-corrected chi connectivity index (χ2v) is 5.63. The monoisotopic (exact) mass is 272 g/mol. The molecule has 0 atom stereocenters. The van der Waals surface area contributed by atoms with Gasteiger partial charge in [-0.15, -0.1) is 0 Å². The van der Waals surface area contributed by atoms with E-state index >= 15 is 0 Å². The molecule has 1 aromatic rings. The summed E-state index contributed by atoms with van der Waals surface area (Å²) < 4.78 is 5.39. The van der Waals surface area contributed by atoms with Crippen LogP contribution in [-0.2, 0) is 4.74 Å². The third-order valence-corrected chi connectivity index (χ3v) is 4.57. The Bertz CT molecular complexity index is 372. The highest BCUT2D eigenvalue weighted by Gasteiger charge is 2.22. The maximum absolute atomic E-state index is 6.19. The van der Waals surface area contributed by atoms with Crippen LogP contribution >= 0.6 is 23.2 Å². The van der Waals surface area contributed by atoms with E-state index in [1.165, 1.54) is 5.56 Å². The van der Waals surface area contributed by atoms with Gasteiger partial charge < -0.3 is 4.74 Å². The summed E-state index contributed by atoms with van der Waals surface area (Å²) in [5.41, 5.74) is 2.25. The predicted octanol–water partition coefficient (Wildman–Crippen LogP) is 4.97. The molecule has 17 heavy (non-hydrogen) atoms. The Kier molecular flexibility index (Phi) is 4.35. The summed E-state index contributed by atoms with van der Waals surface area (Å²) in [6.07, 6.45) is 5.01. The van der Waals surface area contributed by atoms with Gasteiger partial charge in [-0.2, -0.15) is 0 Å². The second-order valence-electron chi connectivity index (χ2n) is 4.82. The summed E-state index contributed by atoms with van der Waals surface area (Å²) >= 11 is 12.4. The molecular weight excluding hydrogens is 255 g/mol. The lowest BCUT2D eigenvalue weighted by molar-refractivity contribution is 0.0659. The van der Waals surface area contributed by atoms with Crippen molar-refractivity contribution < 1.29 is 4.74 Å². The first-order valence-electron chi connectivity index (χ1n) is 6.10. The van der Waals surface area contributed by atoms with Crippen molar-refractivity contribution in [1.82, 2.24) is 0 Å². The molecule has 2 rings (SSSR count). The van der Waals surface area contributed by atoms with Crippen LogP contribution in [0.15, 0.2) is 12.1 Å². The lowest BCUT2D eigenvalue weighted by atomic mass is 9.82. The van der Waals surface area contributed by atoms with Crippen LogP contribution in [0.5, 0.6) is 0 Å². The van der Waals surface area contributed by atoms with Gasteiger partial charge >= 0.3 is 0 Å². The molecule has 0 radical (unpaired) electrons. The predicted molar refractivity (Wildman–Crippen MR) is 73.2 cm³/mol. The summed E-state index contributed by atoms with van der Waals surface area (Å²) in [6.45, 7) is 1.95. The van der Waals surface area contributed by atoms with Gasteiger partial charge in [0.15, 0.2) is 0 Å². The molecule has 1 aliphatic rings. The molecule has 0 unspecified atom stereocenters. The zero-order chi connectivity index (χ0) is 12.4. The Hall–Kier alpha value is -0.240. The van der Waals surface area contributed by atoms with Gasteiger partial charge in [-0.1, -0.05) is 23.2 Å². The Morgan fingerprint density at radius 3 is 2.06 bits per heavy atom. The summed E-state index contributed by atoms with van der Waals surface area (Å²) in [6, 6.07) is 4.14. The molecule has 94 valence electrons. The highest BCUT2D eigenvalue weighted by Crippen LogP contribution is 2.37. The van der Waals surface area contributed by atoms with Gasteiger partial charge in [0.1, 0.15) is 0 Å². The number of hydrogen-bond acceptors (Lipinski definition) is 1. The van der Waals surface area contributed by atoms with Crippen LogP contribution in [0.4, 0.5) is 0 Å². The maximum Gasteiger partial charge on any atom is 0.0571 e. The number of benzene rings is 1. The van der Waals surface area contributed by atoms with Gasteiger partial charge in [0, 0.05) is 17.2 Å². The first-order chi connectivity index (χ1) is 8.11. The fourth-order valence-electron chi connectivity index (χ4n) is 2.53. The van der Waals surface area contributed by atoms with Gasteiger partial charge in [0.2, 0.25) is 0 Å². The number of rotatable bonds is 2. The maximum atomic E-state index is 6.19. The molecule has 1 nitrogen and oxygen atoms in total. The zero-order valence-electron chi connectivity index (χ0n) is 10.3. The molecule has 0 heterocycles. The average molecular weight is 273 g/mol. The van der Waals surface area contributed by atoms with E-state index in [1.54, 1.807) is 7.11 Å². The molecule has 0 aromatic heterocycles. The van der Waals surface area contributed by atoms with Gasteiger partial charge in [-0.25, -0.2) is 0 Å². The van der Waals surface area contributed by atoms with Crippen LogP contribution in [0.1, 0.15) is 42.7 Å². The fourth-order valence-corrected chi connectivity index (χ4v) is 3.04. The minimum atomic E-state index is 0.433. The molecule has 1 fully saturated rings. The van der Waals surface area contributed by atoms with E-state index in [-0.39, 0.29) is 0 Å². The molecule has 0 amide bonds. The largest absolute Gasteiger partial charge is 0.381 e. The van der Waals surface area contributed by atoms with E-state index in [2.05, 4.69) is 12.1 Å². The molecule has 0 aliphatic heterocycles. The van der Waals surface area contributed by atoms with E-state index in [4.69, 9.17) is 27.9 Å². The second kappa shape index (κ2) is 5.60. The van der Waals surface area contributed by atoms with Crippen molar-refractivity contribution in [3.63, 3.8) is 0 Å². The third kappa shape index (κ3) is 2.96. The fraction of sp³-hybridized carbons (Fsp3) is 0.571. The highest BCUT2D eigenvalue weighted by molar-refractivity contribution is 6.36. The lowest BCUT2D eigenvalue weighted by Crippen LogP contribution is -2.19. The van der Waals surface area contributed by atoms with Gasteiger partial charge in [0.25, 0.3) is 0 Å². The number of halogens is 2. The SMILES string of the molecule is COC1CCC(c2cc(Cl)c(C)c(Cl)c2)CC1. The molecule has 1 aromatic carbocycles. The molecule has 0 saturated heterocycles. The Morgan fingerprint density at radius 1 is 1.06 bits per heavy atom. The van der Waals surface area contributed by atoms with Crippen molar-refractivity contribution in [3.05, 3.63) is 33.3 Å². The first kappa shape index (κ1) is 13.2. The highest BCUT2D eigenvalue weighted by atomic mass is 35.5. The normalized spacial score (nSPS) is 24.9. The van der Waals surface area contributed by atoms with Crippen LogP contribution < -0.4 is 0 Å². The van der Waals surface area contributed by atoms with Crippen molar-refractivity contribution in [2.24, 2.45) is 0 Å². The summed E-state index contributed by atoms with van der Waals surface area (Å²) in [7, 11) is 1.80. The topological polar surface area (TPSA) is 9.23 Å². The number of methoxy groups -OCH3 is 1. The van der Waals surface area contributed by atoms with Gasteiger partial charge in [-0.05, 0) is 61.8 Å². The minimum absolute atomic E-state index is 0.433. The van der Waals surface area contributed by atoms with Crippen molar-refractivity contribution in [2.45, 2.75) is 44.6 Å². The van der Waals surface area contributed by atoms with Crippen LogP contribution in [0, 0.1) is 6.92 Å². The molecule has 3 heteroatoms. The van der Waals surface area contributed by atoms with Crippen LogP contribution in [0.3, 0.4) is 0 Å². The Morgan fingerprint density at radius 2 is 1.59 bits per heavy atom. The van der Waals surface area contributed by atoms with E-state index in [9.17, 15) is 0 Å². The standard InChI is InChI=1S/C14H18Cl2O/c1-9-13(15)7-11(8-14(9)16)10-3-5-12(17-2)6-4-10/h7-8,10,12H,3-6H2,1-2H3. The van der Waals surface area contributed by atoms with E-state index in [0.717, 1.165) is 41.3 Å². The Balaban J connectivity index is 2.13. The van der Waals surface area contributed by atoms with E-state index in [0.29, 0.717) is 12.0 Å². The van der Waals surface area contributed by atoms with Crippen molar-refractivity contribution in [3.8, 4) is 0 Å². The molecular formula is C14H18Cl2O. The molecule has 0 bridgehead atoms. The van der Waals surface area contributed by atoms with Crippen LogP contribution in [-0.4, -0.2) is 13.2 Å². The van der Waals surface area contributed by atoms with Crippen molar-refractivity contribution >= 4 is 23.2 Å². The lowest BCUT2D eigenvalue weighted by Gasteiger charge is -2.28. The van der Waals surface area contributed by atoms with Crippen LogP contribution in [0.2, 0.25) is 10.0 Å². The van der Waals surface area contributed by atoms with E-state index in [1.807, 2.05) is 6.92 Å². The van der Waals surface area contributed by atoms with Crippen molar-refractivity contribution in [1.29, 1.82) is 0 Å². The summed E-state index contributed by atoms with van der Waals surface area (Å²) in [5, 5.41) is 1.56.